The lowest BCUT2D eigenvalue weighted by atomic mass is 9.82. The number of Topliss-reactive ketones (excluding diaryl/α,β-unsaturated/α-hetero) is 1. The van der Waals surface area contributed by atoms with E-state index < -0.39 is 0 Å². The number of halogens is 1. The molecule has 0 N–H and O–H groups in total. The highest BCUT2D eigenvalue weighted by Gasteiger charge is 2.30. The van der Waals surface area contributed by atoms with Gasteiger partial charge in [-0.1, -0.05) is 28.1 Å². The molecule has 1 unspecified atom stereocenters. The van der Waals surface area contributed by atoms with E-state index >= 15 is 0 Å². The van der Waals surface area contributed by atoms with E-state index in [-0.39, 0.29) is 11.7 Å². The van der Waals surface area contributed by atoms with E-state index in [2.05, 4.69) is 28.1 Å². The SMILES string of the molecule is Cc1coc2c1C(=O)CC(c1cccc(Br)c1)C2. The quantitative estimate of drug-likeness (QED) is 0.788. The summed E-state index contributed by atoms with van der Waals surface area (Å²) in [6.45, 7) is 1.93. The van der Waals surface area contributed by atoms with Gasteiger partial charge in [-0.2, -0.15) is 0 Å². The van der Waals surface area contributed by atoms with E-state index in [0.717, 1.165) is 27.8 Å². The summed E-state index contributed by atoms with van der Waals surface area (Å²) in [4.78, 5) is 12.2. The number of furan rings is 1. The van der Waals surface area contributed by atoms with Crippen LogP contribution < -0.4 is 0 Å². The molecule has 0 fully saturated rings. The van der Waals surface area contributed by atoms with E-state index in [1.807, 2.05) is 19.1 Å². The summed E-state index contributed by atoms with van der Waals surface area (Å²) in [5.74, 6) is 1.27. The second-order valence-electron chi connectivity index (χ2n) is 4.80. The third-order valence-electron chi connectivity index (χ3n) is 3.51. The summed E-state index contributed by atoms with van der Waals surface area (Å²) in [5.41, 5.74) is 2.96. The number of aryl methyl sites for hydroxylation is 1. The van der Waals surface area contributed by atoms with Crippen LogP contribution in [0.15, 0.2) is 39.4 Å². The Balaban J connectivity index is 1.97. The predicted octanol–water partition coefficient (Wildman–Crippen LogP) is 4.26. The van der Waals surface area contributed by atoms with Crippen LogP contribution in [0.5, 0.6) is 0 Å². The van der Waals surface area contributed by atoms with Crippen molar-refractivity contribution >= 4 is 21.7 Å². The molecule has 3 rings (SSSR count). The second kappa shape index (κ2) is 4.39. The van der Waals surface area contributed by atoms with Gasteiger partial charge in [-0.15, -0.1) is 0 Å². The van der Waals surface area contributed by atoms with Gasteiger partial charge >= 0.3 is 0 Å². The summed E-state index contributed by atoms with van der Waals surface area (Å²) in [6.07, 6.45) is 3.07. The van der Waals surface area contributed by atoms with Crippen LogP contribution >= 0.6 is 15.9 Å². The van der Waals surface area contributed by atoms with Gasteiger partial charge in [0.05, 0.1) is 11.8 Å². The van der Waals surface area contributed by atoms with Gasteiger partial charge in [0, 0.05) is 17.3 Å². The number of carbonyl (C=O) groups excluding carboxylic acids is 1. The Morgan fingerprint density at radius 2 is 2.17 bits per heavy atom. The molecule has 2 aromatic rings. The molecule has 1 aliphatic rings. The number of fused-ring (bicyclic) bond motifs is 1. The van der Waals surface area contributed by atoms with Crippen molar-refractivity contribution in [3.8, 4) is 0 Å². The molecule has 0 aliphatic heterocycles. The maximum Gasteiger partial charge on any atom is 0.167 e. The Morgan fingerprint density at radius 1 is 1.33 bits per heavy atom. The Kier molecular flexibility index (Phi) is 2.86. The molecule has 1 heterocycles. The maximum absolute atomic E-state index is 12.2. The van der Waals surface area contributed by atoms with E-state index in [0.29, 0.717) is 6.42 Å². The first-order valence-electron chi connectivity index (χ1n) is 6.01. The zero-order valence-corrected chi connectivity index (χ0v) is 11.7. The van der Waals surface area contributed by atoms with Crippen molar-refractivity contribution < 1.29 is 9.21 Å². The molecular formula is C15H13BrO2. The van der Waals surface area contributed by atoms with Crippen LogP contribution in [0, 0.1) is 6.92 Å². The van der Waals surface area contributed by atoms with Gasteiger partial charge in [0.25, 0.3) is 0 Å². The van der Waals surface area contributed by atoms with Crippen LogP contribution in [-0.2, 0) is 6.42 Å². The minimum Gasteiger partial charge on any atom is -0.468 e. The molecule has 0 saturated carbocycles. The average molecular weight is 305 g/mol. The van der Waals surface area contributed by atoms with Crippen LogP contribution in [0.25, 0.3) is 0 Å². The van der Waals surface area contributed by atoms with Crippen molar-refractivity contribution in [2.45, 2.75) is 25.7 Å². The van der Waals surface area contributed by atoms with E-state index in [4.69, 9.17) is 4.42 Å². The number of ketones is 1. The third-order valence-corrected chi connectivity index (χ3v) is 4.01. The van der Waals surface area contributed by atoms with Gasteiger partial charge in [0.2, 0.25) is 0 Å². The summed E-state index contributed by atoms with van der Waals surface area (Å²) < 4.78 is 6.56. The Morgan fingerprint density at radius 3 is 2.94 bits per heavy atom. The maximum atomic E-state index is 12.2. The molecule has 0 radical (unpaired) electrons. The topological polar surface area (TPSA) is 30.2 Å². The number of carbonyl (C=O) groups is 1. The summed E-state index contributed by atoms with van der Waals surface area (Å²) in [7, 11) is 0. The molecule has 1 atom stereocenters. The highest BCUT2D eigenvalue weighted by atomic mass is 79.9. The Labute approximate surface area is 114 Å². The van der Waals surface area contributed by atoms with Gasteiger partial charge in [-0.05, 0) is 36.1 Å². The average Bonchev–Trinajstić information content (AvgIpc) is 2.71. The monoisotopic (exact) mass is 304 g/mol. The molecule has 0 amide bonds. The van der Waals surface area contributed by atoms with Gasteiger partial charge in [0.1, 0.15) is 5.76 Å². The zero-order valence-electron chi connectivity index (χ0n) is 10.1. The molecule has 1 aromatic heterocycles. The minimum absolute atomic E-state index is 0.201. The van der Waals surface area contributed by atoms with Gasteiger partial charge in [-0.25, -0.2) is 0 Å². The second-order valence-corrected chi connectivity index (χ2v) is 5.72. The summed E-state index contributed by atoms with van der Waals surface area (Å²) in [5, 5.41) is 0. The Hall–Kier alpha value is -1.35. The fourth-order valence-electron chi connectivity index (χ4n) is 2.64. The minimum atomic E-state index is 0.201. The predicted molar refractivity (Wildman–Crippen MR) is 73.0 cm³/mol. The van der Waals surface area contributed by atoms with Gasteiger partial charge < -0.3 is 4.42 Å². The fraction of sp³-hybridized carbons (Fsp3) is 0.267. The first-order chi connectivity index (χ1) is 8.65. The lowest BCUT2D eigenvalue weighted by Gasteiger charge is -2.21. The van der Waals surface area contributed by atoms with E-state index in [1.54, 1.807) is 6.26 Å². The molecule has 1 aliphatic carbocycles. The molecular weight excluding hydrogens is 292 g/mol. The molecule has 92 valence electrons. The fourth-order valence-corrected chi connectivity index (χ4v) is 3.06. The molecule has 2 nitrogen and oxygen atoms in total. The smallest absolute Gasteiger partial charge is 0.167 e. The van der Waals surface area contributed by atoms with Crippen molar-refractivity contribution in [1.29, 1.82) is 0 Å². The number of benzene rings is 1. The first-order valence-corrected chi connectivity index (χ1v) is 6.80. The number of rotatable bonds is 1. The van der Waals surface area contributed by atoms with Crippen LogP contribution in [0.1, 0.15) is 39.6 Å². The van der Waals surface area contributed by atoms with Gasteiger partial charge in [-0.3, -0.25) is 4.79 Å². The van der Waals surface area contributed by atoms with Crippen LogP contribution in [0.3, 0.4) is 0 Å². The third kappa shape index (κ3) is 1.93. The van der Waals surface area contributed by atoms with Crippen molar-refractivity contribution in [2.75, 3.05) is 0 Å². The largest absolute Gasteiger partial charge is 0.468 e. The highest BCUT2D eigenvalue weighted by molar-refractivity contribution is 9.10. The molecule has 3 heteroatoms. The summed E-state index contributed by atoms with van der Waals surface area (Å²) in [6, 6.07) is 8.16. The first kappa shape index (κ1) is 11.7. The molecule has 1 aromatic carbocycles. The van der Waals surface area contributed by atoms with Crippen LogP contribution in [0.4, 0.5) is 0 Å². The Bertz CT molecular complexity index is 613. The molecule has 18 heavy (non-hydrogen) atoms. The van der Waals surface area contributed by atoms with E-state index in [9.17, 15) is 4.79 Å². The standard InChI is InChI=1S/C15H13BrO2/c1-9-8-18-14-7-11(6-13(17)15(9)14)10-3-2-4-12(16)5-10/h2-5,8,11H,6-7H2,1H3. The van der Waals surface area contributed by atoms with E-state index in [1.165, 1.54) is 5.56 Å². The van der Waals surface area contributed by atoms with Gasteiger partial charge in [0.15, 0.2) is 5.78 Å². The summed E-state index contributed by atoms with van der Waals surface area (Å²) >= 11 is 3.47. The van der Waals surface area contributed by atoms with Crippen LogP contribution in [-0.4, -0.2) is 5.78 Å². The highest BCUT2D eigenvalue weighted by Crippen LogP contribution is 2.35. The number of hydrogen-bond donors (Lipinski definition) is 0. The van der Waals surface area contributed by atoms with Crippen molar-refractivity contribution in [1.82, 2.24) is 0 Å². The molecule has 0 spiro atoms. The lowest BCUT2D eigenvalue weighted by Crippen LogP contribution is -2.18. The molecule has 0 bridgehead atoms. The molecule has 0 saturated heterocycles. The number of hydrogen-bond acceptors (Lipinski definition) is 2. The zero-order chi connectivity index (χ0) is 12.7. The normalized spacial score (nSPS) is 18.8. The lowest BCUT2D eigenvalue weighted by molar-refractivity contribution is 0.0960. The van der Waals surface area contributed by atoms with Crippen molar-refractivity contribution in [3.63, 3.8) is 0 Å². The van der Waals surface area contributed by atoms with Crippen molar-refractivity contribution in [2.24, 2.45) is 0 Å². The van der Waals surface area contributed by atoms with Crippen LogP contribution in [0.2, 0.25) is 0 Å². The van der Waals surface area contributed by atoms with Crippen molar-refractivity contribution in [3.05, 3.63) is 57.5 Å².